The van der Waals surface area contributed by atoms with E-state index >= 15 is 0 Å². The number of aliphatic carboxylic acids is 1. The molecule has 16 heavy (non-hydrogen) atoms. The SMILES string of the molecule is CC(C)(C)OC(=O)NCC(F)(F)C(=O)O.[H-].[K+]. The summed E-state index contributed by atoms with van der Waals surface area (Å²) < 4.78 is 29.6. The minimum absolute atomic E-state index is 0. The number of alkyl halides is 2. The first-order valence-corrected chi connectivity index (χ1v) is 4.13. The molecule has 0 aromatic heterocycles. The molecule has 8 heteroatoms. The molecule has 0 radical (unpaired) electrons. The molecule has 0 aromatic carbocycles. The number of carboxylic acid groups (broad SMARTS) is 1. The Morgan fingerprint density at radius 1 is 1.38 bits per heavy atom. The van der Waals surface area contributed by atoms with Gasteiger partial charge in [-0.1, -0.05) is 0 Å². The monoisotopic (exact) mass is 265 g/mol. The van der Waals surface area contributed by atoms with Crippen molar-refractivity contribution in [1.29, 1.82) is 0 Å². The fourth-order valence-corrected chi connectivity index (χ4v) is 0.573. The van der Waals surface area contributed by atoms with E-state index in [0.717, 1.165) is 0 Å². The van der Waals surface area contributed by atoms with E-state index in [0.29, 0.717) is 0 Å². The molecule has 0 heterocycles. The molecule has 1 amide bonds. The second-order valence-corrected chi connectivity index (χ2v) is 3.87. The Morgan fingerprint density at radius 3 is 2.12 bits per heavy atom. The van der Waals surface area contributed by atoms with E-state index in [-0.39, 0.29) is 52.8 Å². The average molecular weight is 265 g/mol. The minimum atomic E-state index is -3.99. The van der Waals surface area contributed by atoms with Crippen molar-refractivity contribution in [1.82, 2.24) is 5.32 Å². The standard InChI is InChI=1S/C8H13F2NO4.K.H/c1-7(2,3)15-6(14)11-4-8(9,10)5(12)13;;/h4H2,1-3H3,(H,11,14)(H,12,13);;/q;+1;-1. The largest absolute Gasteiger partial charge is 1.00 e. The van der Waals surface area contributed by atoms with Crippen molar-refractivity contribution in [3.63, 3.8) is 0 Å². The molecular weight excluding hydrogens is 251 g/mol. The van der Waals surface area contributed by atoms with Gasteiger partial charge in [-0.2, -0.15) is 8.78 Å². The Morgan fingerprint density at radius 2 is 1.81 bits per heavy atom. The summed E-state index contributed by atoms with van der Waals surface area (Å²) in [6, 6.07) is 0. The molecular formula is C8H14F2KNO4. The van der Waals surface area contributed by atoms with E-state index in [4.69, 9.17) is 5.11 Å². The second-order valence-electron chi connectivity index (χ2n) is 3.87. The first kappa shape index (κ1) is 18.6. The number of alkyl carbamates (subject to hydrolysis) is 1. The van der Waals surface area contributed by atoms with Crippen molar-refractivity contribution in [2.75, 3.05) is 6.54 Å². The molecule has 0 fully saturated rings. The summed E-state index contributed by atoms with van der Waals surface area (Å²) in [7, 11) is 0. The van der Waals surface area contributed by atoms with Crippen LogP contribution in [0.15, 0.2) is 0 Å². The summed E-state index contributed by atoms with van der Waals surface area (Å²) in [5.41, 5.74) is -0.817. The van der Waals surface area contributed by atoms with Crippen LogP contribution >= 0.6 is 0 Å². The zero-order valence-corrected chi connectivity index (χ0v) is 12.8. The van der Waals surface area contributed by atoms with Crippen LogP contribution in [0.2, 0.25) is 0 Å². The van der Waals surface area contributed by atoms with Gasteiger partial charge in [0.25, 0.3) is 0 Å². The molecule has 0 spiro atoms. The van der Waals surface area contributed by atoms with Gasteiger partial charge in [0, 0.05) is 0 Å². The predicted molar refractivity (Wildman–Crippen MR) is 47.9 cm³/mol. The van der Waals surface area contributed by atoms with E-state index in [2.05, 4.69) is 4.74 Å². The first-order valence-electron chi connectivity index (χ1n) is 4.13. The maximum Gasteiger partial charge on any atom is 1.00 e. The Hall–Kier alpha value is 0.236. The van der Waals surface area contributed by atoms with Gasteiger partial charge in [-0.3, -0.25) is 0 Å². The molecule has 90 valence electrons. The summed E-state index contributed by atoms with van der Waals surface area (Å²) in [6.45, 7) is 3.38. The molecule has 0 aliphatic heterocycles. The Kier molecular flexibility index (Phi) is 7.96. The van der Waals surface area contributed by atoms with E-state index in [1.807, 2.05) is 0 Å². The third-order valence-corrected chi connectivity index (χ3v) is 1.17. The van der Waals surface area contributed by atoms with E-state index < -0.39 is 30.1 Å². The van der Waals surface area contributed by atoms with Crippen molar-refractivity contribution in [2.45, 2.75) is 32.3 Å². The fourth-order valence-electron chi connectivity index (χ4n) is 0.573. The number of carboxylic acids is 1. The summed E-state index contributed by atoms with van der Waals surface area (Å²) in [5.74, 6) is -6.28. The zero-order chi connectivity index (χ0) is 12.3. The van der Waals surface area contributed by atoms with Gasteiger partial charge in [0.15, 0.2) is 0 Å². The number of hydrogen-bond donors (Lipinski definition) is 2. The van der Waals surface area contributed by atoms with Gasteiger partial charge >= 0.3 is 69.4 Å². The van der Waals surface area contributed by atoms with Crippen LogP contribution in [0.1, 0.15) is 22.2 Å². The first-order chi connectivity index (χ1) is 6.54. The van der Waals surface area contributed by atoms with Crippen molar-refractivity contribution in [3.8, 4) is 0 Å². The van der Waals surface area contributed by atoms with Crippen LogP contribution in [-0.2, 0) is 9.53 Å². The molecule has 0 saturated heterocycles. The summed E-state index contributed by atoms with van der Waals surface area (Å²) in [4.78, 5) is 20.8. The Labute approximate surface area is 136 Å². The third kappa shape index (κ3) is 8.40. The Balaban J connectivity index is -0.000000980. The second kappa shape index (κ2) is 6.85. The van der Waals surface area contributed by atoms with Crippen LogP contribution in [0.3, 0.4) is 0 Å². The summed E-state index contributed by atoms with van der Waals surface area (Å²) >= 11 is 0. The number of carbonyl (C=O) groups excluding carboxylic acids is 1. The van der Waals surface area contributed by atoms with Crippen molar-refractivity contribution in [3.05, 3.63) is 0 Å². The van der Waals surface area contributed by atoms with Gasteiger partial charge in [0.1, 0.15) is 5.60 Å². The molecule has 0 aromatic rings. The molecule has 0 unspecified atom stereocenters. The van der Waals surface area contributed by atoms with Gasteiger partial charge in [0.2, 0.25) is 0 Å². The van der Waals surface area contributed by atoms with Crippen LogP contribution in [0.5, 0.6) is 0 Å². The number of amides is 1. The fraction of sp³-hybridized carbons (Fsp3) is 0.750. The number of hydrogen-bond acceptors (Lipinski definition) is 3. The summed E-state index contributed by atoms with van der Waals surface area (Å²) in [5, 5.41) is 9.71. The number of ether oxygens (including phenoxy) is 1. The Bertz CT molecular complexity index is 271. The third-order valence-electron chi connectivity index (χ3n) is 1.17. The normalized spacial score (nSPS) is 11.3. The van der Waals surface area contributed by atoms with Crippen LogP contribution < -0.4 is 56.7 Å². The topological polar surface area (TPSA) is 75.6 Å². The molecule has 0 aliphatic rings. The van der Waals surface area contributed by atoms with Gasteiger partial charge in [-0.25, -0.2) is 9.59 Å². The van der Waals surface area contributed by atoms with Crippen LogP contribution in [0.25, 0.3) is 0 Å². The van der Waals surface area contributed by atoms with Gasteiger partial charge in [0.05, 0.1) is 6.54 Å². The van der Waals surface area contributed by atoms with E-state index in [1.54, 1.807) is 26.1 Å². The van der Waals surface area contributed by atoms with E-state index in [1.165, 1.54) is 0 Å². The maximum absolute atomic E-state index is 12.5. The van der Waals surface area contributed by atoms with E-state index in [9.17, 15) is 18.4 Å². The van der Waals surface area contributed by atoms with Crippen molar-refractivity contribution >= 4 is 12.1 Å². The van der Waals surface area contributed by atoms with Crippen molar-refractivity contribution in [2.24, 2.45) is 0 Å². The van der Waals surface area contributed by atoms with Crippen molar-refractivity contribution < 1.29 is 81.0 Å². The summed E-state index contributed by atoms with van der Waals surface area (Å²) in [6.07, 6.45) is -1.08. The van der Waals surface area contributed by atoms with Crippen LogP contribution in [-0.4, -0.2) is 35.2 Å². The van der Waals surface area contributed by atoms with Crippen LogP contribution in [0.4, 0.5) is 13.6 Å². The van der Waals surface area contributed by atoms with Gasteiger partial charge in [-0.05, 0) is 20.8 Å². The number of halogens is 2. The molecule has 5 nitrogen and oxygen atoms in total. The maximum atomic E-state index is 12.5. The molecule has 0 saturated carbocycles. The number of carbonyl (C=O) groups is 2. The molecule has 2 N–H and O–H groups in total. The zero-order valence-electron chi connectivity index (χ0n) is 10.6. The molecule has 0 rings (SSSR count). The van der Waals surface area contributed by atoms with Gasteiger partial charge in [-0.15, -0.1) is 0 Å². The number of nitrogens with one attached hydrogen (secondary N) is 1. The molecule has 0 aliphatic carbocycles. The smallest absolute Gasteiger partial charge is 1.00 e. The van der Waals surface area contributed by atoms with Gasteiger partial charge < -0.3 is 16.6 Å². The minimum Gasteiger partial charge on any atom is -1.00 e. The van der Waals surface area contributed by atoms with Crippen LogP contribution in [0, 0.1) is 0 Å². The predicted octanol–water partition coefficient (Wildman–Crippen LogP) is -1.65. The number of rotatable bonds is 3. The molecule has 0 atom stereocenters. The molecule has 0 bridgehead atoms. The average Bonchev–Trinajstić information content (AvgIpc) is 1.97. The quantitative estimate of drug-likeness (QED) is 0.599.